The first kappa shape index (κ1) is 20.5. The molecule has 1 heterocycles. The first-order chi connectivity index (χ1) is 13.2. The van der Waals surface area contributed by atoms with Gasteiger partial charge in [0, 0.05) is 37.1 Å². The zero-order chi connectivity index (χ0) is 18.9. The number of benzene rings is 1. The smallest absolute Gasteiger partial charge is 0.220 e. The Bertz CT molecular complexity index is 564. The summed E-state index contributed by atoms with van der Waals surface area (Å²) in [6.45, 7) is 4.07. The molecule has 1 amide bonds. The Morgan fingerprint density at radius 2 is 1.78 bits per heavy atom. The number of piperidine rings is 1. The van der Waals surface area contributed by atoms with Crippen molar-refractivity contribution in [3.8, 4) is 5.75 Å². The molecule has 0 radical (unpaired) electrons. The van der Waals surface area contributed by atoms with Crippen LogP contribution in [-0.2, 0) is 4.79 Å². The first-order valence-electron chi connectivity index (χ1n) is 10.6. The van der Waals surface area contributed by atoms with Crippen molar-refractivity contribution in [3.63, 3.8) is 0 Å². The van der Waals surface area contributed by atoms with E-state index in [9.17, 15) is 4.79 Å². The van der Waals surface area contributed by atoms with Crippen LogP contribution in [0, 0.1) is 5.92 Å². The van der Waals surface area contributed by atoms with Crippen LogP contribution in [0.1, 0.15) is 57.8 Å². The second-order valence-electron chi connectivity index (χ2n) is 8.05. The minimum absolute atomic E-state index is 0.153. The predicted molar refractivity (Wildman–Crippen MR) is 110 cm³/mol. The van der Waals surface area contributed by atoms with E-state index in [0.717, 1.165) is 44.0 Å². The normalized spacial score (nSPS) is 19.7. The van der Waals surface area contributed by atoms with Crippen LogP contribution in [0.4, 0.5) is 0 Å². The van der Waals surface area contributed by atoms with Crippen LogP contribution in [0.2, 0.25) is 5.02 Å². The lowest BCUT2D eigenvalue weighted by molar-refractivity contribution is -0.122. The van der Waals surface area contributed by atoms with E-state index < -0.39 is 0 Å². The average molecular weight is 393 g/mol. The van der Waals surface area contributed by atoms with Gasteiger partial charge in [-0.05, 0) is 62.3 Å². The number of carbonyl (C=O) groups excluding carboxylic acids is 1. The molecule has 27 heavy (non-hydrogen) atoms. The van der Waals surface area contributed by atoms with Crippen molar-refractivity contribution in [2.75, 3.05) is 26.2 Å². The number of hydrogen-bond acceptors (Lipinski definition) is 3. The predicted octanol–water partition coefficient (Wildman–Crippen LogP) is 4.66. The van der Waals surface area contributed by atoms with Gasteiger partial charge < -0.3 is 15.0 Å². The van der Waals surface area contributed by atoms with Crippen molar-refractivity contribution in [3.05, 3.63) is 29.3 Å². The fourth-order valence-electron chi connectivity index (χ4n) is 4.25. The molecule has 5 heteroatoms. The molecule has 2 fully saturated rings. The summed E-state index contributed by atoms with van der Waals surface area (Å²) in [6.07, 6.45) is 10.5. The second kappa shape index (κ2) is 10.9. The van der Waals surface area contributed by atoms with Gasteiger partial charge in [-0.3, -0.25) is 4.79 Å². The topological polar surface area (TPSA) is 41.6 Å². The van der Waals surface area contributed by atoms with E-state index in [1.165, 1.54) is 38.6 Å². The molecule has 0 bridgehead atoms. The number of ether oxygens (including phenoxy) is 1. The minimum atomic E-state index is 0.153. The highest BCUT2D eigenvalue weighted by Gasteiger charge is 2.23. The zero-order valence-corrected chi connectivity index (χ0v) is 17.1. The molecule has 0 unspecified atom stereocenters. The summed E-state index contributed by atoms with van der Waals surface area (Å²) >= 11 is 5.85. The molecular weight excluding hydrogens is 360 g/mol. The average Bonchev–Trinajstić information content (AvgIpc) is 2.69. The van der Waals surface area contributed by atoms with Gasteiger partial charge in [-0.15, -0.1) is 0 Å². The fraction of sp³-hybridized carbons (Fsp3) is 0.682. The highest BCUT2D eigenvalue weighted by atomic mass is 35.5. The summed E-state index contributed by atoms with van der Waals surface area (Å²) in [4.78, 5) is 14.8. The Morgan fingerprint density at radius 1 is 1.07 bits per heavy atom. The quantitative estimate of drug-likeness (QED) is 0.654. The molecule has 0 atom stereocenters. The number of rotatable bonds is 8. The van der Waals surface area contributed by atoms with Crippen molar-refractivity contribution >= 4 is 17.5 Å². The number of amides is 1. The molecular formula is C22H33ClN2O2. The van der Waals surface area contributed by atoms with Crippen LogP contribution in [0.15, 0.2) is 24.3 Å². The lowest BCUT2D eigenvalue weighted by Crippen LogP contribution is -2.45. The number of halogens is 1. The summed E-state index contributed by atoms with van der Waals surface area (Å²) in [5.41, 5.74) is 0. The van der Waals surface area contributed by atoms with Gasteiger partial charge in [0.2, 0.25) is 5.91 Å². The maximum atomic E-state index is 12.2. The van der Waals surface area contributed by atoms with Gasteiger partial charge in [-0.25, -0.2) is 0 Å². The molecule has 4 nitrogen and oxygen atoms in total. The van der Waals surface area contributed by atoms with E-state index in [1.807, 2.05) is 24.3 Å². The Labute approximate surface area is 168 Å². The highest BCUT2D eigenvalue weighted by molar-refractivity contribution is 6.30. The Hall–Kier alpha value is -1.26. The first-order valence-corrected chi connectivity index (χ1v) is 11.0. The number of nitrogens with zero attached hydrogens (tertiary/aromatic N) is 1. The molecule has 150 valence electrons. The third-order valence-corrected chi connectivity index (χ3v) is 6.08. The number of likely N-dealkylation sites (tertiary alicyclic amines) is 1. The molecule has 0 spiro atoms. The SMILES string of the molecule is O=C(CCCOc1ccc(Cl)cc1)NC1CCN(CC2CCCCC2)CC1. The lowest BCUT2D eigenvalue weighted by Gasteiger charge is -2.35. The van der Waals surface area contributed by atoms with Crippen LogP contribution >= 0.6 is 11.6 Å². The van der Waals surface area contributed by atoms with Crippen molar-refractivity contribution in [1.29, 1.82) is 0 Å². The van der Waals surface area contributed by atoms with Gasteiger partial charge in [-0.1, -0.05) is 30.9 Å². The Balaban J connectivity index is 1.25. The van der Waals surface area contributed by atoms with Crippen molar-refractivity contribution in [2.45, 2.75) is 63.8 Å². The van der Waals surface area contributed by atoms with Crippen molar-refractivity contribution in [2.24, 2.45) is 5.92 Å². The summed E-state index contributed by atoms with van der Waals surface area (Å²) in [7, 11) is 0. The van der Waals surface area contributed by atoms with Gasteiger partial charge in [0.1, 0.15) is 5.75 Å². The number of carbonyl (C=O) groups is 1. The second-order valence-corrected chi connectivity index (χ2v) is 8.49. The molecule has 1 aliphatic heterocycles. The van der Waals surface area contributed by atoms with E-state index in [2.05, 4.69) is 10.2 Å². The van der Waals surface area contributed by atoms with Crippen LogP contribution in [0.5, 0.6) is 5.75 Å². The molecule has 0 aromatic heterocycles. The monoisotopic (exact) mass is 392 g/mol. The zero-order valence-electron chi connectivity index (χ0n) is 16.3. The van der Waals surface area contributed by atoms with Crippen LogP contribution < -0.4 is 10.1 Å². The van der Waals surface area contributed by atoms with Crippen LogP contribution in [0.3, 0.4) is 0 Å². The standard InChI is InChI=1S/C22H33ClN2O2/c23-19-8-10-21(11-9-19)27-16-4-7-22(26)24-20-12-14-25(15-13-20)17-18-5-2-1-3-6-18/h8-11,18,20H,1-7,12-17H2,(H,24,26). The summed E-state index contributed by atoms with van der Waals surface area (Å²) < 4.78 is 5.64. The van der Waals surface area contributed by atoms with Crippen LogP contribution in [-0.4, -0.2) is 43.1 Å². The third kappa shape index (κ3) is 7.34. The number of hydrogen-bond donors (Lipinski definition) is 1. The Kier molecular flexibility index (Phi) is 8.28. The maximum Gasteiger partial charge on any atom is 0.220 e. The van der Waals surface area contributed by atoms with E-state index in [1.54, 1.807) is 0 Å². The highest BCUT2D eigenvalue weighted by Crippen LogP contribution is 2.25. The molecule has 1 N–H and O–H groups in total. The number of nitrogens with one attached hydrogen (secondary N) is 1. The van der Waals surface area contributed by atoms with E-state index in [0.29, 0.717) is 24.1 Å². The van der Waals surface area contributed by atoms with Gasteiger partial charge in [-0.2, -0.15) is 0 Å². The molecule has 2 aliphatic rings. The van der Waals surface area contributed by atoms with Crippen molar-refractivity contribution in [1.82, 2.24) is 10.2 Å². The van der Waals surface area contributed by atoms with Gasteiger partial charge in [0.25, 0.3) is 0 Å². The lowest BCUT2D eigenvalue weighted by atomic mass is 9.88. The Morgan fingerprint density at radius 3 is 2.48 bits per heavy atom. The maximum absolute atomic E-state index is 12.2. The summed E-state index contributed by atoms with van der Waals surface area (Å²) in [5, 5.41) is 3.91. The molecule has 1 aromatic rings. The molecule has 1 saturated carbocycles. The van der Waals surface area contributed by atoms with Crippen LogP contribution in [0.25, 0.3) is 0 Å². The fourth-order valence-corrected chi connectivity index (χ4v) is 4.37. The third-order valence-electron chi connectivity index (χ3n) is 5.82. The van der Waals surface area contributed by atoms with Gasteiger partial charge in [0.15, 0.2) is 0 Å². The molecule has 1 aromatic carbocycles. The van der Waals surface area contributed by atoms with E-state index in [4.69, 9.17) is 16.3 Å². The summed E-state index contributed by atoms with van der Waals surface area (Å²) in [6, 6.07) is 7.67. The van der Waals surface area contributed by atoms with Gasteiger partial charge >= 0.3 is 0 Å². The van der Waals surface area contributed by atoms with E-state index in [-0.39, 0.29) is 5.91 Å². The largest absolute Gasteiger partial charge is 0.494 e. The molecule has 3 rings (SSSR count). The van der Waals surface area contributed by atoms with Gasteiger partial charge in [0.05, 0.1) is 6.61 Å². The van der Waals surface area contributed by atoms with E-state index >= 15 is 0 Å². The minimum Gasteiger partial charge on any atom is -0.494 e. The molecule has 1 saturated heterocycles. The summed E-state index contributed by atoms with van der Waals surface area (Å²) in [5.74, 6) is 1.86. The van der Waals surface area contributed by atoms with Crippen molar-refractivity contribution < 1.29 is 9.53 Å². The molecule has 1 aliphatic carbocycles.